The zero-order valence-electron chi connectivity index (χ0n) is 16.7. The summed E-state index contributed by atoms with van der Waals surface area (Å²) in [4.78, 5) is 26.7. The van der Waals surface area contributed by atoms with Crippen molar-refractivity contribution in [1.29, 1.82) is 0 Å². The lowest BCUT2D eigenvalue weighted by molar-refractivity contribution is 0.0950. The van der Waals surface area contributed by atoms with Gasteiger partial charge in [0.25, 0.3) is 5.91 Å². The second-order valence-corrected chi connectivity index (χ2v) is 7.36. The van der Waals surface area contributed by atoms with E-state index in [9.17, 15) is 9.59 Å². The molecule has 148 valence electrons. The van der Waals surface area contributed by atoms with Crippen LogP contribution in [0.1, 0.15) is 52.7 Å². The molecule has 3 amide bonds. The van der Waals surface area contributed by atoms with E-state index in [1.54, 1.807) is 0 Å². The number of amides is 3. The van der Waals surface area contributed by atoms with Crippen LogP contribution in [0.3, 0.4) is 0 Å². The van der Waals surface area contributed by atoms with Crippen molar-refractivity contribution < 1.29 is 9.59 Å². The molecule has 1 atom stereocenters. The van der Waals surface area contributed by atoms with Crippen LogP contribution in [0, 0.1) is 6.92 Å². The summed E-state index contributed by atoms with van der Waals surface area (Å²) in [6.45, 7) is 6.61. The zero-order chi connectivity index (χ0) is 19.9. The number of nitrogens with zero attached hydrogens (tertiary/aromatic N) is 1. The molecular formula is C23H29N3O2. The predicted octanol–water partition coefficient (Wildman–Crippen LogP) is 3.83. The van der Waals surface area contributed by atoms with E-state index < -0.39 is 0 Å². The van der Waals surface area contributed by atoms with Crippen LogP contribution in [0.25, 0.3) is 0 Å². The van der Waals surface area contributed by atoms with Gasteiger partial charge in [-0.05, 0) is 55.5 Å². The molecule has 0 radical (unpaired) electrons. The average Bonchev–Trinajstić information content (AvgIpc) is 2.73. The highest BCUT2D eigenvalue weighted by Gasteiger charge is 2.24. The predicted molar refractivity (Wildman–Crippen MR) is 111 cm³/mol. The van der Waals surface area contributed by atoms with Gasteiger partial charge in [0.05, 0.1) is 0 Å². The molecule has 0 bridgehead atoms. The summed E-state index contributed by atoms with van der Waals surface area (Å²) in [5.41, 5.74) is 4.08. The van der Waals surface area contributed by atoms with Crippen LogP contribution in [0.2, 0.25) is 0 Å². The first-order valence-corrected chi connectivity index (χ1v) is 10.0. The van der Waals surface area contributed by atoms with Crippen LogP contribution in [0.5, 0.6) is 0 Å². The average molecular weight is 380 g/mol. The molecule has 0 unspecified atom stereocenters. The molecular weight excluding hydrogens is 350 g/mol. The lowest BCUT2D eigenvalue weighted by Gasteiger charge is -2.33. The normalized spacial score (nSPS) is 16.5. The summed E-state index contributed by atoms with van der Waals surface area (Å²) in [5.74, 6) is 0.196. The fourth-order valence-electron chi connectivity index (χ4n) is 3.72. The number of nitrogens with one attached hydrogen (secondary N) is 2. The summed E-state index contributed by atoms with van der Waals surface area (Å²) >= 11 is 0. The number of benzene rings is 2. The van der Waals surface area contributed by atoms with Crippen molar-refractivity contribution in [2.75, 3.05) is 19.6 Å². The molecule has 0 aromatic heterocycles. The molecule has 1 saturated heterocycles. The maximum absolute atomic E-state index is 12.6. The molecule has 2 aromatic rings. The van der Waals surface area contributed by atoms with Crippen LogP contribution in [0.15, 0.2) is 48.5 Å². The van der Waals surface area contributed by atoms with Crippen LogP contribution in [-0.4, -0.2) is 36.5 Å². The Morgan fingerprint density at radius 3 is 2.71 bits per heavy atom. The van der Waals surface area contributed by atoms with Crippen LogP contribution >= 0.6 is 0 Å². The van der Waals surface area contributed by atoms with Gasteiger partial charge in [-0.25, -0.2) is 4.79 Å². The van der Waals surface area contributed by atoms with Gasteiger partial charge in [-0.3, -0.25) is 4.79 Å². The Bertz CT molecular complexity index is 834. The van der Waals surface area contributed by atoms with Crippen LogP contribution in [0.4, 0.5) is 4.79 Å². The molecule has 0 spiro atoms. The number of rotatable bonds is 5. The van der Waals surface area contributed by atoms with Gasteiger partial charge < -0.3 is 15.5 Å². The number of likely N-dealkylation sites (tertiary alicyclic amines) is 1. The topological polar surface area (TPSA) is 61.4 Å². The number of urea groups is 1. The highest BCUT2D eigenvalue weighted by molar-refractivity contribution is 5.94. The molecule has 0 saturated carbocycles. The maximum atomic E-state index is 12.6. The van der Waals surface area contributed by atoms with Crippen molar-refractivity contribution in [2.45, 2.75) is 39.2 Å². The van der Waals surface area contributed by atoms with E-state index >= 15 is 0 Å². The molecule has 1 aliphatic heterocycles. The van der Waals surface area contributed by atoms with Gasteiger partial charge in [-0.2, -0.15) is 0 Å². The summed E-state index contributed by atoms with van der Waals surface area (Å²) in [6, 6.07) is 15.9. The maximum Gasteiger partial charge on any atom is 0.317 e. The van der Waals surface area contributed by atoms with E-state index in [4.69, 9.17) is 0 Å². The third kappa shape index (κ3) is 4.91. The summed E-state index contributed by atoms with van der Waals surface area (Å²) in [6.07, 6.45) is 2.01. The van der Waals surface area contributed by atoms with Crippen molar-refractivity contribution in [3.8, 4) is 0 Å². The minimum Gasteiger partial charge on any atom is -0.348 e. The van der Waals surface area contributed by atoms with Crippen molar-refractivity contribution in [1.82, 2.24) is 15.5 Å². The van der Waals surface area contributed by atoms with Crippen molar-refractivity contribution >= 4 is 11.9 Å². The number of aryl methyl sites for hydroxylation is 1. The minimum atomic E-state index is -0.0681. The number of carbonyl (C=O) groups is 2. The Morgan fingerprint density at radius 1 is 1.11 bits per heavy atom. The first-order chi connectivity index (χ1) is 13.6. The monoisotopic (exact) mass is 379 g/mol. The molecule has 2 aromatic carbocycles. The standard InChI is InChI=1S/C23H29N3O2/c1-3-24-23(28)26-13-7-12-21(16-26)18-10-6-11-19(14-18)22(27)25-15-20-9-5-4-8-17(20)2/h4-6,8-11,14,21H,3,7,12-13,15-16H2,1-2H3,(H,24,28)(H,25,27)/t21-/m0/s1. The van der Waals surface area contributed by atoms with E-state index in [1.807, 2.05) is 61.2 Å². The summed E-state index contributed by atoms with van der Waals surface area (Å²) in [5, 5.41) is 5.89. The molecule has 0 aliphatic carbocycles. The number of hydrogen-bond acceptors (Lipinski definition) is 2. The van der Waals surface area contributed by atoms with Gasteiger partial charge in [-0.15, -0.1) is 0 Å². The largest absolute Gasteiger partial charge is 0.348 e. The Hall–Kier alpha value is -2.82. The second-order valence-electron chi connectivity index (χ2n) is 7.36. The van der Waals surface area contributed by atoms with Gasteiger partial charge in [0.2, 0.25) is 0 Å². The molecule has 3 rings (SSSR count). The second kappa shape index (κ2) is 9.40. The van der Waals surface area contributed by atoms with E-state index in [2.05, 4.69) is 16.7 Å². The molecule has 1 fully saturated rings. The zero-order valence-corrected chi connectivity index (χ0v) is 16.7. The SMILES string of the molecule is CCNC(=O)N1CCC[C@H](c2cccc(C(=O)NCc3ccccc3C)c2)C1. The Kier molecular flexibility index (Phi) is 6.69. The molecule has 1 heterocycles. The Morgan fingerprint density at radius 2 is 1.93 bits per heavy atom. The highest BCUT2D eigenvalue weighted by Crippen LogP contribution is 2.27. The lowest BCUT2D eigenvalue weighted by Crippen LogP contribution is -2.44. The van der Waals surface area contributed by atoms with Gasteiger partial charge in [0, 0.05) is 37.7 Å². The first kappa shape index (κ1) is 19.9. The third-order valence-electron chi connectivity index (χ3n) is 5.36. The van der Waals surface area contributed by atoms with E-state index in [1.165, 1.54) is 5.56 Å². The van der Waals surface area contributed by atoms with Gasteiger partial charge in [0.15, 0.2) is 0 Å². The molecule has 28 heavy (non-hydrogen) atoms. The summed E-state index contributed by atoms with van der Waals surface area (Å²) < 4.78 is 0. The van der Waals surface area contributed by atoms with Crippen LogP contribution < -0.4 is 10.6 Å². The third-order valence-corrected chi connectivity index (χ3v) is 5.36. The molecule has 5 nitrogen and oxygen atoms in total. The van der Waals surface area contributed by atoms with E-state index in [0.717, 1.165) is 30.5 Å². The van der Waals surface area contributed by atoms with Crippen molar-refractivity contribution in [3.63, 3.8) is 0 Å². The number of carbonyl (C=O) groups excluding carboxylic acids is 2. The van der Waals surface area contributed by atoms with Crippen molar-refractivity contribution in [2.24, 2.45) is 0 Å². The smallest absolute Gasteiger partial charge is 0.317 e. The van der Waals surface area contributed by atoms with E-state index in [-0.39, 0.29) is 17.9 Å². The molecule has 1 aliphatic rings. The number of hydrogen-bond donors (Lipinski definition) is 2. The van der Waals surface area contributed by atoms with Gasteiger partial charge in [-0.1, -0.05) is 36.4 Å². The Balaban J connectivity index is 1.65. The minimum absolute atomic E-state index is 0.000622. The van der Waals surface area contributed by atoms with Gasteiger partial charge in [0.1, 0.15) is 0 Å². The van der Waals surface area contributed by atoms with Crippen molar-refractivity contribution in [3.05, 3.63) is 70.8 Å². The fourth-order valence-corrected chi connectivity index (χ4v) is 3.72. The number of piperidine rings is 1. The molecule has 5 heteroatoms. The molecule has 2 N–H and O–H groups in total. The first-order valence-electron chi connectivity index (χ1n) is 10.0. The lowest BCUT2D eigenvalue weighted by atomic mass is 9.89. The van der Waals surface area contributed by atoms with E-state index in [0.29, 0.717) is 25.2 Å². The quantitative estimate of drug-likeness (QED) is 0.829. The fraction of sp³-hybridized carbons (Fsp3) is 0.391. The van der Waals surface area contributed by atoms with Gasteiger partial charge >= 0.3 is 6.03 Å². The highest BCUT2D eigenvalue weighted by atomic mass is 16.2. The van der Waals surface area contributed by atoms with Crippen LogP contribution in [-0.2, 0) is 6.54 Å². The Labute approximate surface area is 167 Å². The summed E-state index contributed by atoms with van der Waals surface area (Å²) in [7, 11) is 0.